The first kappa shape index (κ1) is 20.9. The molecule has 5 heterocycles. The Morgan fingerprint density at radius 2 is 2.07 bits per heavy atom. The fourth-order valence-electron chi connectivity index (χ4n) is 4.92. The number of imidazole rings is 1. The number of hydrogen-bond donors (Lipinski definition) is 2. The molecular weight excluding hydrogens is 401 g/mol. The van der Waals surface area contributed by atoms with Gasteiger partial charge in [0.25, 0.3) is 5.56 Å². The van der Waals surface area contributed by atoms with E-state index in [1.54, 1.807) is 10.6 Å². The van der Waals surface area contributed by atoms with Crippen molar-refractivity contribution in [1.82, 2.24) is 24.8 Å². The highest BCUT2D eigenvalue weighted by Gasteiger charge is 2.43. The molecule has 2 aromatic heterocycles. The van der Waals surface area contributed by atoms with Gasteiger partial charge in [-0.25, -0.2) is 4.98 Å². The number of nitrogens with one attached hydrogen (secondary N) is 2. The van der Waals surface area contributed by atoms with Crippen LogP contribution in [0.4, 0.5) is 0 Å². The highest BCUT2D eigenvalue weighted by Crippen LogP contribution is 2.39. The Bertz CT molecular complexity index is 941. The number of amides is 1. The maximum atomic E-state index is 13.5. The van der Waals surface area contributed by atoms with E-state index >= 15 is 0 Å². The molecule has 0 aliphatic carbocycles. The van der Waals surface area contributed by atoms with Crippen molar-refractivity contribution in [3.05, 3.63) is 51.5 Å². The summed E-state index contributed by atoms with van der Waals surface area (Å²) in [7, 11) is 0. The summed E-state index contributed by atoms with van der Waals surface area (Å²) in [5.41, 5.74) is 3.02. The third-order valence-electron chi connectivity index (χ3n) is 6.06. The number of aryl methyl sites for hydroxylation is 1. The predicted molar refractivity (Wildman–Crippen MR) is 110 cm³/mol. The van der Waals surface area contributed by atoms with Crippen LogP contribution in [-0.2, 0) is 17.8 Å². The Balaban J connectivity index is 0.00000112. The van der Waals surface area contributed by atoms with Gasteiger partial charge in [-0.3, -0.25) is 14.2 Å². The Kier molecular flexibility index (Phi) is 5.89. The third kappa shape index (κ3) is 3.25. The number of piperidine rings is 1. The van der Waals surface area contributed by atoms with E-state index in [1.165, 1.54) is 0 Å². The van der Waals surface area contributed by atoms with E-state index < -0.39 is 6.04 Å². The number of nitrogens with zero attached hydrogens (tertiary/aromatic N) is 3. The number of carbonyl (C=O) groups excluding carboxylic acids is 1. The lowest BCUT2D eigenvalue weighted by atomic mass is 9.78. The minimum Gasteiger partial charge on any atom is -0.344 e. The zero-order valence-corrected chi connectivity index (χ0v) is 17.3. The van der Waals surface area contributed by atoms with Crippen LogP contribution in [0.2, 0.25) is 0 Å². The van der Waals surface area contributed by atoms with Gasteiger partial charge in [-0.15, -0.1) is 24.8 Å². The Labute approximate surface area is 175 Å². The van der Waals surface area contributed by atoms with Gasteiger partial charge in [-0.05, 0) is 19.4 Å². The molecule has 0 spiro atoms. The van der Waals surface area contributed by atoms with Crippen molar-refractivity contribution in [3.63, 3.8) is 0 Å². The monoisotopic (exact) mass is 425 g/mol. The van der Waals surface area contributed by atoms with E-state index in [0.717, 1.165) is 48.8 Å². The molecule has 152 valence electrons. The average Bonchev–Trinajstić information content (AvgIpc) is 3.02. The number of rotatable bonds is 1. The summed E-state index contributed by atoms with van der Waals surface area (Å²) >= 11 is 0. The molecule has 1 amide bonds. The van der Waals surface area contributed by atoms with Crippen LogP contribution in [0.25, 0.3) is 0 Å². The zero-order chi connectivity index (χ0) is 17.8. The van der Waals surface area contributed by atoms with Gasteiger partial charge >= 0.3 is 0 Å². The number of carbonyl (C=O) groups is 1. The SMILES string of the molecule is Cc1nc2c([nH]1)CN(C(=O)[C@H]1[C@@H]3CNC[C@@H](C3)c3cccc(=O)n31)CC2.Cl.Cl. The summed E-state index contributed by atoms with van der Waals surface area (Å²) in [5, 5.41) is 3.45. The molecule has 2 N–H and O–H groups in total. The predicted octanol–water partition coefficient (Wildman–Crippen LogP) is 1.56. The highest BCUT2D eigenvalue weighted by atomic mass is 35.5. The number of H-pyrrole nitrogens is 1. The normalized spacial score (nSPS) is 25.0. The Morgan fingerprint density at radius 1 is 1.25 bits per heavy atom. The van der Waals surface area contributed by atoms with Crippen LogP contribution >= 0.6 is 24.8 Å². The maximum Gasteiger partial charge on any atom is 0.251 e. The van der Waals surface area contributed by atoms with Crippen molar-refractivity contribution >= 4 is 30.7 Å². The first-order valence-electron chi connectivity index (χ1n) is 9.37. The van der Waals surface area contributed by atoms with E-state index in [1.807, 2.05) is 24.0 Å². The molecular formula is C19H25Cl2N5O2. The zero-order valence-electron chi connectivity index (χ0n) is 15.7. The number of hydrogen-bond acceptors (Lipinski definition) is 4. The third-order valence-corrected chi connectivity index (χ3v) is 6.06. The van der Waals surface area contributed by atoms with Crippen molar-refractivity contribution in [2.24, 2.45) is 5.92 Å². The van der Waals surface area contributed by atoms with Gasteiger partial charge < -0.3 is 15.2 Å². The van der Waals surface area contributed by atoms with Crippen LogP contribution in [0.1, 0.15) is 41.3 Å². The molecule has 2 bridgehead atoms. The summed E-state index contributed by atoms with van der Waals surface area (Å²) < 4.78 is 1.77. The molecule has 2 aromatic rings. The smallest absolute Gasteiger partial charge is 0.251 e. The fraction of sp³-hybridized carbons (Fsp3) is 0.526. The second-order valence-electron chi connectivity index (χ2n) is 7.71. The second kappa shape index (κ2) is 7.89. The second-order valence-corrected chi connectivity index (χ2v) is 7.71. The molecule has 0 saturated carbocycles. The van der Waals surface area contributed by atoms with E-state index in [4.69, 9.17) is 0 Å². The molecule has 3 aliphatic heterocycles. The highest BCUT2D eigenvalue weighted by molar-refractivity contribution is 5.85. The summed E-state index contributed by atoms with van der Waals surface area (Å²) in [5.74, 6) is 1.43. The van der Waals surface area contributed by atoms with Crippen molar-refractivity contribution < 1.29 is 4.79 Å². The maximum absolute atomic E-state index is 13.5. The lowest BCUT2D eigenvalue weighted by molar-refractivity contribution is -0.138. The summed E-state index contributed by atoms with van der Waals surface area (Å²) in [6.45, 7) is 4.81. The van der Waals surface area contributed by atoms with Crippen LogP contribution in [0.3, 0.4) is 0 Å². The first-order valence-corrected chi connectivity index (χ1v) is 9.37. The van der Waals surface area contributed by atoms with Crippen molar-refractivity contribution in [2.75, 3.05) is 19.6 Å². The molecule has 28 heavy (non-hydrogen) atoms. The van der Waals surface area contributed by atoms with Gasteiger partial charge in [0.2, 0.25) is 5.91 Å². The average molecular weight is 426 g/mol. The molecule has 0 radical (unpaired) electrons. The minimum absolute atomic E-state index is 0. The van der Waals surface area contributed by atoms with Gasteiger partial charge in [0.1, 0.15) is 11.9 Å². The number of aromatic nitrogens is 3. The quantitative estimate of drug-likeness (QED) is 0.725. The van der Waals surface area contributed by atoms with Gasteiger partial charge in [0.15, 0.2) is 0 Å². The number of pyridine rings is 1. The lowest BCUT2D eigenvalue weighted by Gasteiger charge is -2.44. The molecule has 0 aromatic carbocycles. The van der Waals surface area contributed by atoms with Gasteiger partial charge in [-0.1, -0.05) is 6.07 Å². The molecule has 3 atom stereocenters. The van der Waals surface area contributed by atoms with Gasteiger partial charge in [0, 0.05) is 49.7 Å². The summed E-state index contributed by atoms with van der Waals surface area (Å²) in [6.07, 6.45) is 1.73. The van der Waals surface area contributed by atoms with E-state index in [2.05, 4.69) is 15.3 Å². The van der Waals surface area contributed by atoms with E-state index in [-0.39, 0.29) is 42.2 Å². The minimum atomic E-state index is -0.409. The van der Waals surface area contributed by atoms with Crippen molar-refractivity contribution in [3.8, 4) is 0 Å². The van der Waals surface area contributed by atoms with Crippen LogP contribution in [0.15, 0.2) is 23.0 Å². The molecule has 1 fully saturated rings. The molecule has 1 saturated heterocycles. The topological polar surface area (TPSA) is 83.0 Å². The molecule has 9 heteroatoms. The van der Waals surface area contributed by atoms with Crippen LogP contribution in [0.5, 0.6) is 0 Å². The number of fused-ring (bicyclic) bond motifs is 5. The number of aromatic amines is 1. The van der Waals surface area contributed by atoms with Crippen molar-refractivity contribution in [2.45, 2.75) is 38.3 Å². The van der Waals surface area contributed by atoms with Gasteiger partial charge in [-0.2, -0.15) is 0 Å². The first-order chi connectivity index (χ1) is 12.6. The van der Waals surface area contributed by atoms with Crippen molar-refractivity contribution in [1.29, 1.82) is 0 Å². The Hall–Kier alpha value is -1.83. The van der Waals surface area contributed by atoms with Crippen LogP contribution in [0, 0.1) is 12.8 Å². The number of halogens is 2. The van der Waals surface area contributed by atoms with E-state index in [9.17, 15) is 9.59 Å². The van der Waals surface area contributed by atoms with E-state index in [0.29, 0.717) is 19.0 Å². The molecule has 7 nitrogen and oxygen atoms in total. The lowest BCUT2D eigenvalue weighted by Crippen LogP contribution is -2.53. The van der Waals surface area contributed by atoms with Gasteiger partial charge in [0.05, 0.1) is 17.9 Å². The molecule has 0 unspecified atom stereocenters. The summed E-state index contributed by atoms with van der Waals surface area (Å²) in [6, 6.07) is 4.98. The Morgan fingerprint density at radius 3 is 2.89 bits per heavy atom. The van der Waals surface area contributed by atoms with Crippen LogP contribution in [-0.4, -0.2) is 45.0 Å². The molecule has 3 aliphatic rings. The largest absolute Gasteiger partial charge is 0.344 e. The van der Waals surface area contributed by atoms with Crippen LogP contribution < -0.4 is 10.9 Å². The summed E-state index contributed by atoms with van der Waals surface area (Å²) in [4.78, 5) is 35.8. The standard InChI is InChI=1S/C19H23N5O2.2ClH/c1-11-21-14-5-6-23(10-15(14)22-11)19(26)18-13-7-12(8-20-9-13)16-3-2-4-17(25)24(16)18;;/h2-4,12-13,18,20H,5-10H2,1H3,(H,21,22);2*1H/t12-,13+,18-;;/m1../s1. The fourth-order valence-corrected chi connectivity index (χ4v) is 4.92. The molecule has 5 rings (SSSR count).